The second-order valence-corrected chi connectivity index (χ2v) is 8.02. The Morgan fingerprint density at radius 3 is 2.13 bits per heavy atom. The summed E-state index contributed by atoms with van der Waals surface area (Å²) < 4.78 is 18.9. The van der Waals surface area contributed by atoms with E-state index in [0.29, 0.717) is 23.3 Å². The van der Waals surface area contributed by atoms with Gasteiger partial charge in [0.25, 0.3) is 0 Å². The number of methoxy groups -OCH3 is 3. The maximum atomic E-state index is 5.74. The van der Waals surface area contributed by atoms with E-state index in [1.165, 1.54) is 11.4 Å². The molecule has 0 atom stereocenters. The zero-order valence-corrected chi connectivity index (χ0v) is 19.6. The highest BCUT2D eigenvalue weighted by atomic mass is 16.5. The summed E-state index contributed by atoms with van der Waals surface area (Å²) in [6, 6.07) is 4.24. The third kappa shape index (κ3) is 3.27. The molecule has 0 N–H and O–H groups in total. The van der Waals surface area contributed by atoms with Crippen molar-refractivity contribution in [3.8, 4) is 28.4 Å². The summed E-state index contributed by atoms with van der Waals surface area (Å²) in [6.45, 7) is 9.64. The third-order valence-electron chi connectivity index (χ3n) is 6.44. The number of aromatic nitrogens is 3. The normalized spacial score (nSPS) is 13.2. The van der Waals surface area contributed by atoms with Crippen LogP contribution in [0.1, 0.15) is 43.6 Å². The molecule has 3 aromatic rings. The molecule has 3 heterocycles. The van der Waals surface area contributed by atoms with Crippen LogP contribution in [0, 0.1) is 13.8 Å². The Kier molecular flexibility index (Phi) is 5.69. The fourth-order valence-corrected chi connectivity index (χ4v) is 4.84. The molecule has 0 spiro atoms. The van der Waals surface area contributed by atoms with Crippen molar-refractivity contribution >= 4 is 11.5 Å². The molecular formula is C24H32N4O3. The van der Waals surface area contributed by atoms with Crippen molar-refractivity contribution in [2.45, 2.75) is 53.0 Å². The van der Waals surface area contributed by atoms with E-state index in [1.807, 2.05) is 23.6 Å². The molecule has 166 valence electrons. The van der Waals surface area contributed by atoms with Crippen LogP contribution in [0.25, 0.3) is 16.8 Å². The minimum absolute atomic E-state index is 0.490. The highest BCUT2D eigenvalue weighted by Gasteiger charge is 2.32. The molecule has 1 aliphatic heterocycles. The number of anilines is 1. The highest BCUT2D eigenvalue weighted by molar-refractivity contribution is 5.89. The highest BCUT2D eigenvalue weighted by Crippen LogP contribution is 2.45. The molecule has 0 amide bonds. The van der Waals surface area contributed by atoms with Crippen molar-refractivity contribution in [3.05, 3.63) is 29.1 Å². The van der Waals surface area contributed by atoms with Crippen molar-refractivity contribution < 1.29 is 14.2 Å². The Bertz CT molecular complexity index is 1090. The number of ether oxygens (including phenoxy) is 3. The first-order valence-electron chi connectivity index (χ1n) is 10.9. The van der Waals surface area contributed by atoms with Gasteiger partial charge < -0.3 is 19.1 Å². The van der Waals surface area contributed by atoms with Crippen molar-refractivity contribution in [2.24, 2.45) is 0 Å². The number of fused-ring (bicyclic) bond motifs is 3. The minimum Gasteiger partial charge on any atom is -0.496 e. The lowest BCUT2D eigenvalue weighted by molar-refractivity contribution is 0.377. The molecule has 0 radical (unpaired) electrons. The summed E-state index contributed by atoms with van der Waals surface area (Å²) in [7, 11) is 4.95. The lowest BCUT2D eigenvalue weighted by Gasteiger charge is -2.28. The Labute approximate surface area is 183 Å². The van der Waals surface area contributed by atoms with Gasteiger partial charge >= 0.3 is 0 Å². The zero-order valence-electron chi connectivity index (χ0n) is 19.6. The number of benzene rings is 1. The second-order valence-electron chi connectivity index (χ2n) is 8.02. The van der Waals surface area contributed by atoms with Gasteiger partial charge in [0.2, 0.25) is 0 Å². The Hall–Kier alpha value is -2.96. The lowest BCUT2D eigenvalue weighted by Crippen LogP contribution is -2.34. The van der Waals surface area contributed by atoms with E-state index in [0.717, 1.165) is 54.0 Å². The van der Waals surface area contributed by atoms with Gasteiger partial charge in [-0.15, -0.1) is 0 Å². The summed E-state index contributed by atoms with van der Waals surface area (Å²) >= 11 is 0. The minimum atomic E-state index is 0.490. The van der Waals surface area contributed by atoms with E-state index in [9.17, 15) is 0 Å². The maximum Gasteiger partial charge on any atom is 0.166 e. The van der Waals surface area contributed by atoms with Gasteiger partial charge in [0, 0.05) is 36.0 Å². The van der Waals surface area contributed by atoms with Crippen molar-refractivity contribution in [2.75, 3.05) is 32.8 Å². The van der Waals surface area contributed by atoms with Crippen molar-refractivity contribution in [1.29, 1.82) is 0 Å². The number of aryl methyl sites for hydroxylation is 2. The van der Waals surface area contributed by atoms with E-state index in [1.54, 1.807) is 21.3 Å². The monoisotopic (exact) mass is 424 g/mol. The van der Waals surface area contributed by atoms with Crippen LogP contribution in [0.2, 0.25) is 0 Å². The molecule has 0 saturated carbocycles. The van der Waals surface area contributed by atoms with Gasteiger partial charge in [-0.2, -0.15) is 9.61 Å². The topological polar surface area (TPSA) is 61.1 Å². The molecule has 4 rings (SSSR count). The third-order valence-corrected chi connectivity index (χ3v) is 6.44. The van der Waals surface area contributed by atoms with Crippen LogP contribution < -0.4 is 19.1 Å². The van der Waals surface area contributed by atoms with Gasteiger partial charge in [-0.05, 0) is 33.1 Å². The number of nitrogens with zero attached hydrogens (tertiary/aromatic N) is 4. The fraction of sp³-hybridized carbons (Fsp3) is 0.500. The molecule has 1 aliphatic rings. The first-order chi connectivity index (χ1) is 15.0. The first kappa shape index (κ1) is 21.3. The predicted octanol–water partition coefficient (Wildman–Crippen LogP) is 4.59. The fourth-order valence-electron chi connectivity index (χ4n) is 4.84. The molecule has 7 heteroatoms. The van der Waals surface area contributed by atoms with Crippen LogP contribution in [0.4, 0.5) is 5.82 Å². The smallest absolute Gasteiger partial charge is 0.166 e. The molecule has 0 unspecified atom stereocenters. The predicted molar refractivity (Wildman–Crippen MR) is 123 cm³/mol. The summed E-state index contributed by atoms with van der Waals surface area (Å²) in [6.07, 6.45) is 3.21. The number of rotatable bonds is 7. The summed E-state index contributed by atoms with van der Waals surface area (Å²) in [4.78, 5) is 7.52. The summed E-state index contributed by atoms with van der Waals surface area (Å²) in [5, 5.41) is 4.97. The van der Waals surface area contributed by atoms with Crippen LogP contribution in [-0.4, -0.2) is 48.5 Å². The van der Waals surface area contributed by atoms with Crippen LogP contribution in [-0.2, 0) is 6.42 Å². The molecule has 0 bridgehead atoms. The second kappa shape index (κ2) is 8.29. The molecule has 31 heavy (non-hydrogen) atoms. The lowest BCUT2D eigenvalue weighted by atomic mass is 10.0. The molecule has 0 aliphatic carbocycles. The van der Waals surface area contributed by atoms with Gasteiger partial charge in [-0.3, -0.25) is 0 Å². The Morgan fingerprint density at radius 2 is 1.58 bits per heavy atom. The average Bonchev–Trinajstić information content (AvgIpc) is 3.35. The molecule has 0 fully saturated rings. The van der Waals surface area contributed by atoms with E-state index in [4.69, 9.17) is 24.3 Å². The summed E-state index contributed by atoms with van der Waals surface area (Å²) in [5.41, 5.74) is 5.84. The standard InChI is InChI=1S/C24H32N4O3/c1-8-16(9-2)27-11-10-18-14(3)25-23-21(15(4)26-28(23)24(18)27)22-19(30-6)12-17(29-5)13-20(22)31-7/h12-13,16H,8-11H2,1-7H3. The van der Waals surface area contributed by atoms with Gasteiger partial charge in [0.05, 0.1) is 38.2 Å². The molecular weight excluding hydrogens is 392 g/mol. The van der Waals surface area contributed by atoms with Crippen LogP contribution in [0.5, 0.6) is 17.2 Å². The molecule has 2 aromatic heterocycles. The Morgan fingerprint density at radius 1 is 0.935 bits per heavy atom. The Balaban J connectivity index is 2.03. The van der Waals surface area contributed by atoms with Crippen molar-refractivity contribution in [1.82, 2.24) is 14.6 Å². The van der Waals surface area contributed by atoms with Crippen molar-refractivity contribution in [3.63, 3.8) is 0 Å². The molecule has 1 aromatic carbocycles. The largest absolute Gasteiger partial charge is 0.496 e. The maximum absolute atomic E-state index is 5.74. The van der Waals surface area contributed by atoms with Gasteiger partial charge in [0.1, 0.15) is 23.1 Å². The van der Waals surface area contributed by atoms with Crippen LogP contribution in [0.15, 0.2) is 12.1 Å². The number of hydrogen-bond donors (Lipinski definition) is 0. The van der Waals surface area contributed by atoms with Gasteiger partial charge in [0.15, 0.2) is 5.65 Å². The summed E-state index contributed by atoms with van der Waals surface area (Å²) in [5.74, 6) is 3.20. The quantitative estimate of drug-likeness (QED) is 0.553. The van der Waals surface area contributed by atoms with Gasteiger partial charge in [-0.25, -0.2) is 4.98 Å². The molecule has 7 nitrogen and oxygen atoms in total. The van der Waals surface area contributed by atoms with Crippen LogP contribution in [0.3, 0.4) is 0 Å². The molecule has 0 saturated heterocycles. The van der Waals surface area contributed by atoms with Crippen LogP contribution >= 0.6 is 0 Å². The first-order valence-corrected chi connectivity index (χ1v) is 10.9. The SMILES string of the molecule is CCC(CC)N1CCc2c(C)nc3c(-c4c(OC)cc(OC)cc4OC)c(C)nn3c21. The zero-order chi connectivity index (χ0) is 22.3. The van der Waals surface area contributed by atoms with E-state index >= 15 is 0 Å². The van der Waals surface area contributed by atoms with E-state index < -0.39 is 0 Å². The average molecular weight is 425 g/mol. The number of hydrogen-bond acceptors (Lipinski definition) is 6. The van der Waals surface area contributed by atoms with E-state index in [-0.39, 0.29) is 0 Å². The van der Waals surface area contributed by atoms with E-state index in [2.05, 4.69) is 25.7 Å². The van der Waals surface area contributed by atoms with Gasteiger partial charge in [-0.1, -0.05) is 13.8 Å².